The van der Waals surface area contributed by atoms with Gasteiger partial charge in [-0.1, -0.05) is 18.2 Å². The summed E-state index contributed by atoms with van der Waals surface area (Å²) in [5.74, 6) is 0.0586. The molecule has 6 nitrogen and oxygen atoms in total. The van der Waals surface area contributed by atoms with Crippen molar-refractivity contribution in [2.24, 2.45) is 0 Å². The molecule has 2 aromatic carbocycles. The highest BCUT2D eigenvalue weighted by molar-refractivity contribution is 7.18. The van der Waals surface area contributed by atoms with Crippen LogP contribution in [0.1, 0.15) is 34.1 Å². The van der Waals surface area contributed by atoms with Gasteiger partial charge in [0.2, 0.25) is 0 Å². The lowest BCUT2D eigenvalue weighted by molar-refractivity contribution is -0.384. The van der Waals surface area contributed by atoms with E-state index in [1.165, 1.54) is 12.1 Å². The quantitative estimate of drug-likeness (QED) is 0.513. The van der Waals surface area contributed by atoms with E-state index in [-0.39, 0.29) is 17.5 Å². The molecule has 0 aliphatic carbocycles. The minimum atomic E-state index is -0.475. The van der Waals surface area contributed by atoms with Crippen molar-refractivity contribution in [1.82, 2.24) is 9.88 Å². The van der Waals surface area contributed by atoms with Gasteiger partial charge >= 0.3 is 0 Å². The molecule has 4 rings (SSSR count). The van der Waals surface area contributed by atoms with Crippen molar-refractivity contribution >= 4 is 33.1 Å². The van der Waals surface area contributed by atoms with E-state index < -0.39 is 4.92 Å². The summed E-state index contributed by atoms with van der Waals surface area (Å²) in [5, 5.41) is 12.0. The first-order chi connectivity index (χ1) is 12.6. The number of nitro benzene ring substituents is 1. The number of carbonyl (C=O) groups excluding carboxylic acids is 1. The molecule has 7 heteroatoms. The molecule has 0 radical (unpaired) electrons. The minimum absolute atomic E-state index is 0.0596. The predicted molar refractivity (Wildman–Crippen MR) is 101 cm³/mol. The number of nitro groups is 1. The fourth-order valence-corrected chi connectivity index (χ4v) is 4.46. The average molecular weight is 367 g/mol. The topological polar surface area (TPSA) is 76.3 Å². The lowest BCUT2D eigenvalue weighted by atomic mass is 9.98. The Bertz CT molecular complexity index is 952. The molecule has 1 atom stereocenters. The third kappa shape index (κ3) is 3.17. The van der Waals surface area contributed by atoms with Crippen LogP contribution in [0.3, 0.4) is 0 Å². The average Bonchev–Trinajstić information content (AvgIpc) is 3.12. The van der Waals surface area contributed by atoms with E-state index >= 15 is 0 Å². The molecule has 0 N–H and O–H groups in total. The Hall–Kier alpha value is -2.80. The maximum Gasteiger partial charge on any atom is 0.270 e. The van der Waals surface area contributed by atoms with Crippen LogP contribution in [0.2, 0.25) is 0 Å². The van der Waals surface area contributed by atoms with Crippen LogP contribution < -0.4 is 0 Å². The van der Waals surface area contributed by atoms with E-state index in [2.05, 4.69) is 6.07 Å². The maximum absolute atomic E-state index is 12.8. The number of fused-ring (bicyclic) bond motifs is 1. The van der Waals surface area contributed by atoms with Crippen molar-refractivity contribution in [2.45, 2.75) is 18.8 Å². The van der Waals surface area contributed by atoms with Crippen LogP contribution in [0.15, 0.2) is 48.5 Å². The van der Waals surface area contributed by atoms with Gasteiger partial charge in [0, 0.05) is 36.7 Å². The fraction of sp³-hybridized carbons (Fsp3) is 0.263. The van der Waals surface area contributed by atoms with E-state index in [1.54, 1.807) is 28.4 Å². The van der Waals surface area contributed by atoms with Gasteiger partial charge in [-0.2, -0.15) is 0 Å². The minimum Gasteiger partial charge on any atom is -0.338 e. The summed E-state index contributed by atoms with van der Waals surface area (Å²) in [4.78, 5) is 29.8. The highest BCUT2D eigenvalue weighted by Gasteiger charge is 2.28. The van der Waals surface area contributed by atoms with Crippen molar-refractivity contribution in [2.75, 3.05) is 13.1 Å². The first kappa shape index (κ1) is 16.7. The molecule has 0 unspecified atom stereocenters. The first-order valence-electron chi connectivity index (χ1n) is 8.51. The van der Waals surface area contributed by atoms with Gasteiger partial charge in [-0.05, 0) is 31.0 Å². The number of rotatable bonds is 3. The van der Waals surface area contributed by atoms with Crippen molar-refractivity contribution in [3.05, 3.63) is 69.2 Å². The molecule has 26 heavy (non-hydrogen) atoms. The molecule has 1 saturated heterocycles. The highest BCUT2D eigenvalue weighted by Crippen LogP contribution is 2.33. The third-order valence-electron chi connectivity index (χ3n) is 4.67. The van der Waals surface area contributed by atoms with Crippen molar-refractivity contribution in [1.29, 1.82) is 0 Å². The number of benzene rings is 2. The predicted octanol–water partition coefficient (Wildman–Crippen LogP) is 4.22. The highest BCUT2D eigenvalue weighted by atomic mass is 32.1. The third-order valence-corrected chi connectivity index (χ3v) is 5.87. The molecule has 0 spiro atoms. The maximum atomic E-state index is 12.8. The van der Waals surface area contributed by atoms with Gasteiger partial charge < -0.3 is 4.90 Å². The number of likely N-dealkylation sites (tertiary alicyclic amines) is 1. The van der Waals surface area contributed by atoms with Crippen LogP contribution in [-0.2, 0) is 0 Å². The molecule has 132 valence electrons. The summed E-state index contributed by atoms with van der Waals surface area (Å²) in [5.41, 5.74) is 1.30. The standard InChI is InChI=1S/C19H17N3O3S/c23-19(13-5-3-7-15(11-13)22(24)25)21-10-4-6-14(12-21)18-20-16-8-1-2-9-17(16)26-18/h1-3,5,7-9,11,14H,4,6,10,12H2/t14-/m0/s1. The molecular weight excluding hydrogens is 350 g/mol. The number of aromatic nitrogens is 1. The van der Waals surface area contributed by atoms with E-state index in [4.69, 9.17) is 4.98 Å². The molecule has 1 aliphatic heterocycles. The molecular formula is C19H17N3O3S. The number of non-ortho nitro benzene ring substituents is 1. The summed E-state index contributed by atoms with van der Waals surface area (Å²) < 4.78 is 1.16. The number of hydrogen-bond acceptors (Lipinski definition) is 5. The van der Waals surface area contributed by atoms with Crippen LogP contribution in [0.25, 0.3) is 10.2 Å². The van der Waals surface area contributed by atoms with Crippen molar-refractivity contribution < 1.29 is 9.72 Å². The Morgan fingerprint density at radius 1 is 1.23 bits per heavy atom. The second-order valence-electron chi connectivity index (χ2n) is 6.42. The van der Waals surface area contributed by atoms with Crippen LogP contribution in [0.4, 0.5) is 5.69 Å². The van der Waals surface area contributed by atoms with Crippen LogP contribution in [0.5, 0.6) is 0 Å². The monoisotopic (exact) mass is 367 g/mol. The first-order valence-corrected chi connectivity index (χ1v) is 9.32. The zero-order chi connectivity index (χ0) is 18.1. The van der Waals surface area contributed by atoms with Gasteiger partial charge in [-0.15, -0.1) is 11.3 Å². The van der Waals surface area contributed by atoms with Crippen molar-refractivity contribution in [3.8, 4) is 0 Å². The zero-order valence-corrected chi connectivity index (χ0v) is 14.8. The normalized spacial score (nSPS) is 17.4. The van der Waals surface area contributed by atoms with E-state index in [0.29, 0.717) is 18.7 Å². The lowest BCUT2D eigenvalue weighted by Crippen LogP contribution is -2.39. The Morgan fingerprint density at radius 2 is 2.08 bits per heavy atom. The molecule has 2 heterocycles. The zero-order valence-electron chi connectivity index (χ0n) is 14.0. The largest absolute Gasteiger partial charge is 0.338 e. The number of hydrogen-bond donors (Lipinski definition) is 0. The van der Waals surface area contributed by atoms with Gasteiger partial charge in [0.15, 0.2) is 0 Å². The molecule has 1 aliphatic rings. The Kier molecular flexibility index (Phi) is 4.38. The Balaban J connectivity index is 1.55. The van der Waals surface area contributed by atoms with E-state index in [9.17, 15) is 14.9 Å². The second kappa shape index (κ2) is 6.84. The van der Waals surface area contributed by atoms with Gasteiger partial charge in [0.05, 0.1) is 20.1 Å². The van der Waals surface area contributed by atoms with E-state index in [0.717, 1.165) is 28.1 Å². The summed E-state index contributed by atoms with van der Waals surface area (Å²) in [6.07, 6.45) is 1.90. The summed E-state index contributed by atoms with van der Waals surface area (Å²) in [7, 11) is 0. The smallest absolute Gasteiger partial charge is 0.270 e. The number of para-hydroxylation sites is 1. The summed E-state index contributed by atoms with van der Waals surface area (Å²) in [6, 6.07) is 14.0. The van der Waals surface area contributed by atoms with Crippen molar-refractivity contribution in [3.63, 3.8) is 0 Å². The number of nitrogens with zero attached hydrogens (tertiary/aromatic N) is 3. The van der Waals surface area contributed by atoms with Crippen LogP contribution in [-0.4, -0.2) is 33.8 Å². The second-order valence-corrected chi connectivity index (χ2v) is 7.48. The summed E-state index contributed by atoms with van der Waals surface area (Å²) >= 11 is 1.68. The van der Waals surface area contributed by atoms with Gasteiger partial charge in [0.25, 0.3) is 11.6 Å². The Morgan fingerprint density at radius 3 is 2.88 bits per heavy atom. The van der Waals surface area contributed by atoms with Crippen LogP contribution in [0, 0.1) is 10.1 Å². The fourth-order valence-electron chi connectivity index (χ4n) is 3.36. The number of thiazole rings is 1. The number of amides is 1. The molecule has 1 fully saturated rings. The Labute approximate surface area is 154 Å². The molecule has 3 aromatic rings. The van der Waals surface area contributed by atoms with E-state index in [1.807, 2.05) is 18.2 Å². The van der Waals surface area contributed by atoms with Crippen LogP contribution >= 0.6 is 11.3 Å². The summed E-state index contributed by atoms with van der Waals surface area (Å²) in [6.45, 7) is 1.27. The van der Waals surface area contributed by atoms with Gasteiger partial charge in [0.1, 0.15) is 0 Å². The molecule has 0 bridgehead atoms. The number of carbonyl (C=O) groups is 1. The molecule has 1 amide bonds. The molecule has 0 saturated carbocycles. The lowest BCUT2D eigenvalue weighted by Gasteiger charge is -2.31. The molecule has 1 aromatic heterocycles. The SMILES string of the molecule is O=C(c1cccc([N+](=O)[O-])c1)N1CCC[C@H](c2nc3ccccc3s2)C1. The van der Waals surface area contributed by atoms with Gasteiger partial charge in [-0.3, -0.25) is 14.9 Å². The van der Waals surface area contributed by atoms with Gasteiger partial charge in [-0.25, -0.2) is 4.98 Å². The number of piperidine rings is 1.